The van der Waals surface area contributed by atoms with Crippen LogP contribution in [0.3, 0.4) is 0 Å². The van der Waals surface area contributed by atoms with Crippen LogP contribution in [0.25, 0.3) is 16.9 Å². The van der Waals surface area contributed by atoms with Crippen molar-refractivity contribution in [1.82, 2.24) is 9.38 Å². The molecule has 0 amide bonds. The predicted molar refractivity (Wildman–Crippen MR) is 128 cm³/mol. The highest BCUT2D eigenvalue weighted by Gasteiger charge is 2.22. The number of pyridine rings is 1. The Hall–Kier alpha value is -2.64. The van der Waals surface area contributed by atoms with Gasteiger partial charge in [-0.15, -0.1) is 11.3 Å². The Bertz CT molecular complexity index is 1210. The Morgan fingerprint density at radius 1 is 1.10 bits per heavy atom. The minimum absolute atomic E-state index is 0.351. The first-order valence-corrected chi connectivity index (χ1v) is 12.2. The van der Waals surface area contributed by atoms with Crippen LogP contribution < -0.4 is 10.1 Å². The fourth-order valence-electron chi connectivity index (χ4n) is 4.08. The van der Waals surface area contributed by atoms with Crippen LogP contribution in [0.2, 0.25) is 0 Å². The van der Waals surface area contributed by atoms with Crippen molar-refractivity contribution >= 4 is 44.7 Å². The van der Waals surface area contributed by atoms with Crippen molar-refractivity contribution in [2.45, 2.75) is 38.1 Å². The minimum atomic E-state index is -0.351. The van der Waals surface area contributed by atoms with E-state index in [2.05, 4.69) is 25.6 Å². The molecule has 0 saturated heterocycles. The lowest BCUT2D eigenvalue weighted by atomic mass is 9.95. The fraction of sp³-hybridized carbons (Fsp3) is 0.250. The number of rotatable bonds is 5. The number of para-hydroxylation sites is 1. The third-order valence-electron chi connectivity index (χ3n) is 5.60. The van der Waals surface area contributed by atoms with Gasteiger partial charge in [-0.3, -0.25) is 4.40 Å². The van der Waals surface area contributed by atoms with Crippen LogP contribution in [0.1, 0.15) is 41.8 Å². The summed E-state index contributed by atoms with van der Waals surface area (Å²) in [5.41, 5.74) is 2.43. The lowest BCUT2D eigenvalue weighted by molar-refractivity contribution is 0.0740. The van der Waals surface area contributed by atoms with E-state index >= 15 is 0 Å². The van der Waals surface area contributed by atoms with Crippen molar-refractivity contribution in [1.29, 1.82) is 0 Å². The van der Waals surface area contributed by atoms with Gasteiger partial charge in [0.2, 0.25) is 0 Å². The number of benzene rings is 1. The van der Waals surface area contributed by atoms with Crippen molar-refractivity contribution in [3.05, 3.63) is 69.5 Å². The highest BCUT2D eigenvalue weighted by molar-refractivity contribution is 9.10. The summed E-state index contributed by atoms with van der Waals surface area (Å²) >= 11 is 4.95. The molecular formula is C24H22BrN3O2S. The van der Waals surface area contributed by atoms with Crippen LogP contribution in [0.4, 0.5) is 5.82 Å². The number of ether oxygens (including phenoxy) is 1. The SMILES string of the molecule is O=C(Oc1ccccc1-c1nc2ccc(Br)cn2c1NC1CCCCC1)c1cccs1. The Labute approximate surface area is 193 Å². The number of carbonyl (C=O) groups excluding carboxylic acids is 1. The molecular weight excluding hydrogens is 474 g/mol. The Balaban J connectivity index is 1.58. The first-order chi connectivity index (χ1) is 15.2. The highest BCUT2D eigenvalue weighted by Crippen LogP contribution is 2.37. The maximum absolute atomic E-state index is 12.6. The average molecular weight is 496 g/mol. The Kier molecular flexibility index (Phi) is 5.78. The van der Waals surface area contributed by atoms with Gasteiger partial charge in [0.25, 0.3) is 0 Å². The van der Waals surface area contributed by atoms with Gasteiger partial charge in [-0.05, 0) is 64.5 Å². The largest absolute Gasteiger partial charge is 0.422 e. The molecule has 7 heteroatoms. The number of fused-ring (bicyclic) bond motifs is 1. The first kappa shape index (κ1) is 20.3. The van der Waals surface area contributed by atoms with Gasteiger partial charge in [-0.25, -0.2) is 9.78 Å². The molecule has 1 aliphatic rings. The monoisotopic (exact) mass is 495 g/mol. The molecule has 1 N–H and O–H groups in total. The van der Waals surface area contributed by atoms with Crippen molar-refractivity contribution in [2.24, 2.45) is 0 Å². The van der Waals surface area contributed by atoms with Crippen LogP contribution in [0, 0.1) is 0 Å². The Morgan fingerprint density at radius 2 is 1.94 bits per heavy atom. The van der Waals surface area contributed by atoms with Gasteiger partial charge in [-0.1, -0.05) is 37.5 Å². The summed E-state index contributed by atoms with van der Waals surface area (Å²) in [6.07, 6.45) is 8.10. The zero-order valence-corrected chi connectivity index (χ0v) is 19.3. The lowest BCUT2D eigenvalue weighted by Gasteiger charge is -2.24. The Morgan fingerprint density at radius 3 is 2.74 bits per heavy atom. The van der Waals surface area contributed by atoms with Crippen LogP contribution in [0.5, 0.6) is 5.75 Å². The standard InChI is InChI=1S/C24H22BrN3O2S/c25-16-12-13-21-27-22(23(28(21)15-16)26-17-7-2-1-3-8-17)18-9-4-5-10-19(18)30-24(29)20-11-6-14-31-20/h4-6,9-15,17,26H,1-3,7-8H2. The van der Waals surface area contributed by atoms with Crippen LogP contribution in [-0.4, -0.2) is 21.4 Å². The number of hydrogen-bond acceptors (Lipinski definition) is 5. The van der Waals surface area contributed by atoms with Crippen molar-refractivity contribution < 1.29 is 9.53 Å². The molecule has 0 radical (unpaired) electrons. The topological polar surface area (TPSA) is 55.6 Å². The molecule has 31 heavy (non-hydrogen) atoms. The van der Waals surface area contributed by atoms with Crippen LogP contribution >= 0.6 is 27.3 Å². The van der Waals surface area contributed by atoms with Gasteiger partial charge in [0.05, 0.1) is 0 Å². The second-order valence-electron chi connectivity index (χ2n) is 7.73. The number of aromatic nitrogens is 2. The van der Waals surface area contributed by atoms with Gasteiger partial charge in [0.15, 0.2) is 0 Å². The van der Waals surface area contributed by atoms with Crippen molar-refractivity contribution in [2.75, 3.05) is 5.32 Å². The molecule has 1 fully saturated rings. The van der Waals surface area contributed by atoms with Gasteiger partial charge in [0, 0.05) is 22.3 Å². The molecule has 5 rings (SSSR count). The van der Waals surface area contributed by atoms with E-state index in [1.54, 1.807) is 6.07 Å². The maximum Gasteiger partial charge on any atom is 0.353 e. The van der Waals surface area contributed by atoms with Gasteiger partial charge >= 0.3 is 5.97 Å². The predicted octanol–water partition coefficient (Wildman–Crippen LogP) is 6.79. The number of esters is 1. The van der Waals surface area contributed by atoms with Crippen molar-refractivity contribution in [3.63, 3.8) is 0 Å². The molecule has 0 spiro atoms. The van der Waals surface area contributed by atoms with E-state index in [1.165, 1.54) is 30.6 Å². The first-order valence-electron chi connectivity index (χ1n) is 10.5. The van der Waals surface area contributed by atoms with E-state index in [0.29, 0.717) is 16.7 Å². The summed E-state index contributed by atoms with van der Waals surface area (Å²) in [6.45, 7) is 0. The van der Waals surface area contributed by atoms with Crippen LogP contribution in [-0.2, 0) is 0 Å². The molecule has 4 aromatic rings. The smallest absolute Gasteiger partial charge is 0.353 e. The number of anilines is 1. The summed E-state index contributed by atoms with van der Waals surface area (Å²) in [7, 11) is 0. The van der Waals surface area contributed by atoms with Gasteiger partial charge in [0.1, 0.15) is 27.8 Å². The molecule has 0 atom stereocenters. The molecule has 0 unspecified atom stereocenters. The summed E-state index contributed by atoms with van der Waals surface area (Å²) in [4.78, 5) is 18.1. The number of imidazole rings is 1. The third kappa shape index (κ3) is 4.25. The van der Waals surface area contributed by atoms with E-state index in [1.807, 2.05) is 54.0 Å². The molecule has 3 aromatic heterocycles. The third-order valence-corrected chi connectivity index (χ3v) is 6.91. The molecule has 0 bridgehead atoms. The maximum atomic E-state index is 12.6. The van der Waals surface area contributed by atoms with Gasteiger partial charge in [-0.2, -0.15) is 0 Å². The number of nitrogens with one attached hydrogen (secondary N) is 1. The molecule has 3 heterocycles. The molecule has 158 valence electrons. The van der Waals surface area contributed by atoms with E-state index in [4.69, 9.17) is 9.72 Å². The lowest BCUT2D eigenvalue weighted by Crippen LogP contribution is -2.23. The molecule has 0 aliphatic heterocycles. The number of thiophene rings is 1. The quantitative estimate of drug-likeness (QED) is 0.244. The zero-order valence-electron chi connectivity index (χ0n) is 16.9. The van der Waals surface area contributed by atoms with E-state index in [0.717, 1.165) is 40.0 Å². The van der Waals surface area contributed by atoms with Crippen molar-refractivity contribution in [3.8, 4) is 17.0 Å². The highest BCUT2D eigenvalue weighted by atomic mass is 79.9. The summed E-state index contributed by atoms with van der Waals surface area (Å²) < 4.78 is 8.85. The van der Waals surface area contributed by atoms with E-state index < -0.39 is 0 Å². The number of carbonyl (C=O) groups is 1. The number of hydrogen-bond donors (Lipinski definition) is 1. The molecule has 1 saturated carbocycles. The van der Waals surface area contributed by atoms with E-state index in [9.17, 15) is 4.79 Å². The molecule has 1 aliphatic carbocycles. The molecule has 5 nitrogen and oxygen atoms in total. The zero-order chi connectivity index (χ0) is 21.2. The second kappa shape index (κ2) is 8.85. The summed E-state index contributed by atoms with van der Waals surface area (Å²) in [5.74, 6) is 1.09. The van der Waals surface area contributed by atoms with E-state index in [-0.39, 0.29) is 5.97 Å². The number of halogens is 1. The normalized spacial score (nSPS) is 14.6. The van der Waals surface area contributed by atoms with Gasteiger partial charge < -0.3 is 10.1 Å². The average Bonchev–Trinajstić information content (AvgIpc) is 3.44. The second-order valence-corrected chi connectivity index (χ2v) is 9.59. The van der Waals surface area contributed by atoms with Crippen LogP contribution in [0.15, 0.2) is 64.6 Å². The summed E-state index contributed by atoms with van der Waals surface area (Å²) in [5, 5.41) is 5.62. The summed E-state index contributed by atoms with van der Waals surface area (Å²) in [6, 6.07) is 15.6. The minimum Gasteiger partial charge on any atom is -0.422 e. The molecule has 1 aromatic carbocycles. The fourth-order valence-corrected chi connectivity index (χ4v) is 5.02. The number of nitrogens with zero attached hydrogens (tertiary/aromatic N) is 2.